The van der Waals surface area contributed by atoms with Crippen LogP contribution in [0.25, 0.3) is 21.3 Å². The van der Waals surface area contributed by atoms with Gasteiger partial charge in [-0.05, 0) is 54.8 Å². The average Bonchev–Trinajstić information content (AvgIpc) is 3.33. The van der Waals surface area contributed by atoms with Crippen LogP contribution in [0.4, 0.5) is 22.0 Å². The van der Waals surface area contributed by atoms with Crippen LogP contribution in [0.1, 0.15) is 27.9 Å². The number of nitrogens with zero attached hydrogens (tertiary/aromatic N) is 1. The number of halogens is 5. The maximum absolute atomic E-state index is 14.4. The van der Waals surface area contributed by atoms with Gasteiger partial charge in [-0.1, -0.05) is 12.1 Å². The first kappa shape index (κ1) is 28.9. The number of rotatable bonds is 9. The van der Waals surface area contributed by atoms with Gasteiger partial charge in [0, 0.05) is 11.1 Å². The molecule has 4 rings (SSSR count). The predicted octanol–water partition coefficient (Wildman–Crippen LogP) is 4.85. The standard InChI is InChI=1S/C27H22F5N3O4S/c1-2-39-23-16(12-21(33)36)11-20(35-22(23)14-6-8-17(28)9-7-14)26(38,27(30,31)32)13-34-25(37)19-10-15-4-3-5-18(29)24(15)40-19/h3-11,38H,2,12-13H2,1H3,(H2,33,36)(H,34,37)/t26-/m0/s1. The number of nitrogens with one attached hydrogen (secondary N) is 1. The van der Waals surface area contributed by atoms with Crippen LogP contribution in [0.3, 0.4) is 0 Å². The van der Waals surface area contributed by atoms with Crippen molar-refractivity contribution >= 4 is 33.2 Å². The van der Waals surface area contributed by atoms with Crippen LogP contribution in [-0.2, 0) is 16.8 Å². The van der Waals surface area contributed by atoms with Crippen molar-refractivity contribution in [1.29, 1.82) is 0 Å². The van der Waals surface area contributed by atoms with E-state index in [9.17, 15) is 36.6 Å². The Morgan fingerprint density at radius 1 is 1.10 bits per heavy atom. The molecule has 4 N–H and O–H groups in total. The van der Waals surface area contributed by atoms with Gasteiger partial charge in [-0.25, -0.2) is 13.8 Å². The van der Waals surface area contributed by atoms with Crippen molar-refractivity contribution in [2.45, 2.75) is 25.1 Å². The van der Waals surface area contributed by atoms with Crippen molar-refractivity contribution in [3.05, 3.63) is 82.4 Å². The molecular formula is C27H22F5N3O4S. The van der Waals surface area contributed by atoms with E-state index in [0.29, 0.717) is 5.39 Å². The number of hydrogen-bond acceptors (Lipinski definition) is 6. The Hall–Kier alpha value is -4.10. The molecule has 0 bridgehead atoms. The molecular weight excluding hydrogens is 557 g/mol. The number of pyridine rings is 1. The Bertz CT molecular complexity index is 1570. The highest BCUT2D eigenvalue weighted by Crippen LogP contribution is 2.42. The lowest BCUT2D eigenvalue weighted by atomic mass is 9.93. The molecule has 210 valence electrons. The van der Waals surface area contributed by atoms with E-state index in [4.69, 9.17) is 10.5 Å². The minimum atomic E-state index is -5.36. The Labute approximate surface area is 228 Å². The summed E-state index contributed by atoms with van der Waals surface area (Å²) in [5.41, 5.74) is 0.450. The van der Waals surface area contributed by atoms with Crippen molar-refractivity contribution in [1.82, 2.24) is 10.3 Å². The molecule has 1 atom stereocenters. The molecule has 0 aliphatic heterocycles. The number of carbonyl (C=O) groups is 2. The molecule has 2 aromatic heterocycles. The number of fused-ring (bicyclic) bond motifs is 1. The number of benzene rings is 2. The van der Waals surface area contributed by atoms with Crippen molar-refractivity contribution in [3.8, 4) is 17.0 Å². The van der Waals surface area contributed by atoms with Crippen molar-refractivity contribution < 1.29 is 41.4 Å². The lowest BCUT2D eigenvalue weighted by Crippen LogP contribution is -2.51. The Balaban J connectivity index is 1.79. The van der Waals surface area contributed by atoms with Crippen LogP contribution in [0.15, 0.2) is 54.6 Å². The normalized spacial score (nSPS) is 13.2. The fourth-order valence-corrected chi connectivity index (χ4v) is 4.98. The first-order valence-electron chi connectivity index (χ1n) is 11.8. The zero-order chi connectivity index (χ0) is 29.2. The molecule has 0 aliphatic rings. The molecule has 2 heterocycles. The third-order valence-corrected chi connectivity index (χ3v) is 7.10. The van der Waals surface area contributed by atoms with Gasteiger partial charge in [-0.2, -0.15) is 13.2 Å². The van der Waals surface area contributed by atoms with Gasteiger partial charge in [-0.3, -0.25) is 9.59 Å². The molecule has 0 unspecified atom stereocenters. The zero-order valence-corrected chi connectivity index (χ0v) is 21.6. The van der Waals surface area contributed by atoms with E-state index in [1.807, 2.05) is 0 Å². The Morgan fingerprint density at radius 2 is 1.80 bits per heavy atom. The van der Waals surface area contributed by atoms with Crippen LogP contribution in [0, 0.1) is 11.6 Å². The molecule has 0 fully saturated rings. The van der Waals surface area contributed by atoms with Gasteiger partial charge in [0.05, 0.1) is 34.8 Å². The Morgan fingerprint density at radius 3 is 2.40 bits per heavy atom. The average molecular weight is 580 g/mol. The third kappa shape index (κ3) is 5.75. The van der Waals surface area contributed by atoms with E-state index >= 15 is 0 Å². The Kier molecular flexibility index (Phi) is 8.08. The van der Waals surface area contributed by atoms with Crippen molar-refractivity contribution in [2.24, 2.45) is 5.73 Å². The van der Waals surface area contributed by atoms with Crippen LogP contribution in [0.2, 0.25) is 0 Å². The van der Waals surface area contributed by atoms with E-state index in [0.717, 1.165) is 29.5 Å². The highest BCUT2D eigenvalue weighted by molar-refractivity contribution is 7.20. The summed E-state index contributed by atoms with van der Waals surface area (Å²) in [6, 6.07) is 10.9. The van der Waals surface area contributed by atoms with Gasteiger partial charge in [0.25, 0.3) is 5.91 Å². The summed E-state index contributed by atoms with van der Waals surface area (Å²) in [5, 5.41) is 13.5. The summed E-state index contributed by atoms with van der Waals surface area (Å²) in [7, 11) is 0. The lowest BCUT2D eigenvalue weighted by Gasteiger charge is -2.31. The summed E-state index contributed by atoms with van der Waals surface area (Å²) >= 11 is 0.739. The summed E-state index contributed by atoms with van der Waals surface area (Å²) in [5.74, 6) is -3.17. The molecule has 0 radical (unpaired) electrons. The topological polar surface area (TPSA) is 115 Å². The van der Waals surface area contributed by atoms with Crippen molar-refractivity contribution in [2.75, 3.05) is 13.2 Å². The summed E-state index contributed by atoms with van der Waals surface area (Å²) in [6.45, 7) is 0.264. The predicted molar refractivity (Wildman–Crippen MR) is 138 cm³/mol. The minimum Gasteiger partial charge on any atom is -0.491 e. The molecule has 7 nitrogen and oxygen atoms in total. The van der Waals surface area contributed by atoms with Crippen LogP contribution >= 0.6 is 11.3 Å². The molecule has 2 aromatic carbocycles. The quantitative estimate of drug-likeness (QED) is 0.246. The summed E-state index contributed by atoms with van der Waals surface area (Å²) < 4.78 is 76.6. The van der Waals surface area contributed by atoms with E-state index in [-0.39, 0.29) is 38.8 Å². The monoisotopic (exact) mass is 579 g/mol. The number of aromatic nitrogens is 1. The number of primary amides is 1. The number of carbonyl (C=O) groups excluding carboxylic acids is 2. The van der Waals surface area contributed by atoms with Crippen LogP contribution in [0.5, 0.6) is 5.75 Å². The van der Waals surface area contributed by atoms with Gasteiger partial charge in [0.1, 0.15) is 23.1 Å². The number of thiophene rings is 1. The van der Waals surface area contributed by atoms with Gasteiger partial charge in [0.15, 0.2) is 0 Å². The smallest absolute Gasteiger partial charge is 0.424 e. The number of hydrogen-bond donors (Lipinski definition) is 3. The molecule has 13 heteroatoms. The highest BCUT2D eigenvalue weighted by atomic mass is 32.1. The van der Waals surface area contributed by atoms with E-state index in [1.54, 1.807) is 13.0 Å². The molecule has 0 saturated carbocycles. The first-order valence-corrected chi connectivity index (χ1v) is 12.6. The molecule has 0 aliphatic carbocycles. The lowest BCUT2D eigenvalue weighted by molar-refractivity contribution is -0.265. The van der Waals surface area contributed by atoms with Crippen molar-refractivity contribution in [3.63, 3.8) is 0 Å². The molecule has 2 amide bonds. The van der Waals surface area contributed by atoms with E-state index in [1.165, 1.54) is 30.3 Å². The molecule has 40 heavy (non-hydrogen) atoms. The number of alkyl halides is 3. The fraction of sp³-hybridized carbons (Fsp3) is 0.222. The third-order valence-electron chi connectivity index (χ3n) is 5.94. The largest absolute Gasteiger partial charge is 0.491 e. The maximum Gasteiger partial charge on any atom is 0.424 e. The first-order chi connectivity index (χ1) is 18.8. The maximum atomic E-state index is 14.4. The van der Waals surface area contributed by atoms with Gasteiger partial charge >= 0.3 is 6.18 Å². The van der Waals surface area contributed by atoms with Gasteiger partial charge < -0.3 is 20.9 Å². The van der Waals surface area contributed by atoms with Gasteiger partial charge in [0.2, 0.25) is 11.5 Å². The zero-order valence-electron chi connectivity index (χ0n) is 20.8. The van der Waals surface area contributed by atoms with E-state index < -0.39 is 53.9 Å². The number of ether oxygens (including phenoxy) is 1. The summed E-state index contributed by atoms with van der Waals surface area (Å²) in [4.78, 5) is 28.5. The highest BCUT2D eigenvalue weighted by Gasteiger charge is 2.56. The molecule has 0 spiro atoms. The van der Waals surface area contributed by atoms with Crippen LogP contribution < -0.4 is 15.8 Å². The minimum absolute atomic E-state index is 0.0380. The molecule has 0 saturated heterocycles. The SMILES string of the molecule is CCOc1c(CC(N)=O)cc([C@@](O)(CNC(=O)c2cc3cccc(F)c3s2)C(F)(F)F)nc1-c1ccc(F)cc1. The van der Waals surface area contributed by atoms with Gasteiger partial charge in [-0.15, -0.1) is 11.3 Å². The molecule has 4 aromatic rings. The fourth-order valence-electron chi connectivity index (χ4n) is 4.00. The number of amides is 2. The number of nitrogens with two attached hydrogens (primary N) is 1. The van der Waals surface area contributed by atoms with E-state index in [2.05, 4.69) is 10.3 Å². The summed E-state index contributed by atoms with van der Waals surface area (Å²) in [6.07, 6.45) is -5.93. The van der Waals surface area contributed by atoms with Crippen LogP contribution in [-0.4, -0.2) is 41.2 Å². The second-order valence-electron chi connectivity index (χ2n) is 8.74. The second-order valence-corrected chi connectivity index (χ2v) is 9.79. The second kappa shape index (κ2) is 11.2. The number of aliphatic hydroxyl groups is 1.